The maximum Gasteiger partial charge on any atom is 0.233 e. The number of rotatable bonds is 6. The van der Waals surface area contributed by atoms with Crippen LogP contribution in [0.25, 0.3) is 0 Å². The third kappa shape index (κ3) is 4.45. The van der Waals surface area contributed by atoms with E-state index in [1.54, 1.807) is 6.20 Å². The number of anilines is 1. The SMILES string of the molecule is CCCNc1ncc(Br)c(OCc2cccc(Br)c2)n1. The molecule has 0 aliphatic rings. The van der Waals surface area contributed by atoms with Gasteiger partial charge in [0.15, 0.2) is 0 Å². The lowest BCUT2D eigenvalue weighted by atomic mass is 10.2. The zero-order chi connectivity index (χ0) is 14.4. The molecule has 2 aromatic rings. The highest BCUT2D eigenvalue weighted by atomic mass is 79.9. The predicted octanol–water partition coefficient (Wildman–Crippen LogP) is 4.40. The Morgan fingerprint density at radius 2 is 2.15 bits per heavy atom. The normalized spacial score (nSPS) is 10.3. The number of hydrogen-bond donors (Lipinski definition) is 1. The number of ether oxygens (including phenoxy) is 1. The van der Waals surface area contributed by atoms with Gasteiger partial charge in [-0.2, -0.15) is 4.98 Å². The first-order valence-corrected chi connectivity index (χ1v) is 7.91. The molecule has 0 unspecified atom stereocenters. The van der Waals surface area contributed by atoms with Crippen LogP contribution in [0.2, 0.25) is 0 Å². The van der Waals surface area contributed by atoms with E-state index in [0.29, 0.717) is 18.4 Å². The van der Waals surface area contributed by atoms with E-state index in [2.05, 4.69) is 54.1 Å². The van der Waals surface area contributed by atoms with Crippen molar-refractivity contribution in [2.45, 2.75) is 20.0 Å². The van der Waals surface area contributed by atoms with Crippen molar-refractivity contribution in [2.75, 3.05) is 11.9 Å². The van der Waals surface area contributed by atoms with Crippen molar-refractivity contribution in [1.29, 1.82) is 0 Å². The van der Waals surface area contributed by atoms with Gasteiger partial charge in [0.05, 0.1) is 10.7 Å². The van der Waals surface area contributed by atoms with E-state index in [-0.39, 0.29) is 0 Å². The first-order valence-electron chi connectivity index (χ1n) is 6.32. The van der Waals surface area contributed by atoms with Gasteiger partial charge in [-0.25, -0.2) is 4.98 Å². The molecule has 0 aliphatic heterocycles. The van der Waals surface area contributed by atoms with Crippen molar-refractivity contribution in [2.24, 2.45) is 0 Å². The van der Waals surface area contributed by atoms with Gasteiger partial charge >= 0.3 is 0 Å². The van der Waals surface area contributed by atoms with Crippen molar-refractivity contribution in [3.8, 4) is 5.88 Å². The van der Waals surface area contributed by atoms with Crippen molar-refractivity contribution < 1.29 is 4.74 Å². The van der Waals surface area contributed by atoms with Gasteiger partial charge in [-0.15, -0.1) is 0 Å². The van der Waals surface area contributed by atoms with Crippen LogP contribution in [0.3, 0.4) is 0 Å². The fraction of sp³-hybridized carbons (Fsp3) is 0.286. The van der Waals surface area contributed by atoms with Crippen molar-refractivity contribution in [1.82, 2.24) is 9.97 Å². The summed E-state index contributed by atoms with van der Waals surface area (Å²) >= 11 is 6.84. The van der Waals surface area contributed by atoms with Crippen LogP contribution in [0, 0.1) is 0 Å². The Kier molecular flexibility index (Phi) is 5.79. The van der Waals surface area contributed by atoms with Crippen LogP contribution >= 0.6 is 31.9 Å². The van der Waals surface area contributed by atoms with Gasteiger partial charge in [0.25, 0.3) is 0 Å². The number of aromatic nitrogens is 2. The first-order chi connectivity index (χ1) is 9.69. The molecule has 0 radical (unpaired) electrons. The highest BCUT2D eigenvalue weighted by Crippen LogP contribution is 2.24. The molecule has 0 fully saturated rings. The van der Waals surface area contributed by atoms with Crippen molar-refractivity contribution in [3.05, 3.63) is 45.0 Å². The molecule has 1 heterocycles. The second-order valence-corrected chi connectivity index (χ2v) is 5.96. The summed E-state index contributed by atoms with van der Waals surface area (Å²) in [6, 6.07) is 7.99. The Balaban J connectivity index is 2.04. The molecule has 0 amide bonds. The lowest BCUT2D eigenvalue weighted by Crippen LogP contribution is -2.06. The summed E-state index contributed by atoms with van der Waals surface area (Å²) in [5.74, 6) is 1.12. The van der Waals surface area contributed by atoms with E-state index in [0.717, 1.165) is 27.5 Å². The second kappa shape index (κ2) is 7.59. The van der Waals surface area contributed by atoms with Gasteiger partial charge in [0, 0.05) is 11.0 Å². The van der Waals surface area contributed by atoms with Crippen LogP contribution in [0.1, 0.15) is 18.9 Å². The van der Waals surface area contributed by atoms with E-state index in [1.165, 1.54) is 0 Å². The molecule has 0 aliphatic carbocycles. The lowest BCUT2D eigenvalue weighted by molar-refractivity contribution is 0.291. The van der Waals surface area contributed by atoms with Crippen molar-refractivity contribution >= 4 is 37.8 Å². The maximum atomic E-state index is 5.74. The molecule has 106 valence electrons. The Morgan fingerprint density at radius 1 is 1.30 bits per heavy atom. The third-order valence-electron chi connectivity index (χ3n) is 2.51. The van der Waals surface area contributed by atoms with Crippen LogP contribution in [0.15, 0.2) is 39.4 Å². The maximum absolute atomic E-state index is 5.74. The molecular formula is C14H15Br2N3O. The van der Waals surface area contributed by atoms with Crippen LogP contribution in [0.5, 0.6) is 5.88 Å². The molecule has 0 atom stereocenters. The number of hydrogen-bond acceptors (Lipinski definition) is 4. The average Bonchev–Trinajstić information content (AvgIpc) is 2.45. The van der Waals surface area contributed by atoms with Crippen LogP contribution in [-0.2, 0) is 6.61 Å². The largest absolute Gasteiger partial charge is 0.472 e. The van der Waals surface area contributed by atoms with Gasteiger partial charge in [-0.05, 0) is 40.0 Å². The third-order valence-corrected chi connectivity index (χ3v) is 3.55. The molecule has 1 aromatic heterocycles. The Morgan fingerprint density at radius 3 is 2.90 bits per heavy atom. The van der Waals surface area contributed by atoms with E-state index >= 15 is 0 Å². The summed E-state index contributed by atoms with van der Waals surface area (Å²) in [6.07, 6.45) is 2.72. The number of halogens is 2. The summed E-state index contributed by atoms with van der Waals surface area (Å²) in [6.45, 7) is 3.39. The average molecular weight is 401 g/mol. The fourth-order valence-corrected chi connectivity index (χ4v) is 2.31. The van der Waals surface area contributed by atoms with Gasteiger partial charge in [0.1, 0.15) is 6.61 Å². The Hall–Kier alpha value is -1.14. The van der Waals surface area contributed by atoms with Gasteiger partial charge in [-0.3, -0.25) is 0 Å². The quantitative estimate of drug-likeness (QED) is 0.780. The minimum atomic E-state index is 0.461. The predicted molar refractivity (Wildman–Crippen MR) is 87.0 cm³/mol. The smallest absolute Gasteiger partial charge is 0.233 e. The molecule has 1 N–H and O–H groups in total. The van der Waals surface area contributed by atoms with E-state index < -0.39 is 0 Å². The van der Waals surface area contributed by atoms with E-state index in [1.807, 2.05) is 24.3 Å². The van der Waals surface area contributed by atoms with Crippen LogP contribution in [-0.4, -0.2) is 16.5 Å². The zero-order valence-electron chi connectivity index (χ0n) is 11.1. The molecule has 20 heavy (non-hydrogen) atoms. The minimum Gasteiger partial charge on any atom is -0.472 e. The van der Waals surface area contributed by atoms with Crippen LogP contribution < -0.4 is 10.1 Å². The summed E-state index contributed by atoms with van der Waals surface area (Å²) in [5.41, 5.74) is 1.08. The van der Waals surface area contributed by atoms with Gasteiger partial charge in [0.2, 0.25) is 11.8 Å². The van der Waals surface area contributed by atoms with E-state index in [4.69, 9.17) is 4.74 Å². The minimum absolute atomic E-state index is 0.461. The Bertz CT molecular complexity index is 578. The molecule has 0 bridgehead atoms. The summed E-state index contributed by atoms with van der Waals surface area (Å²) in [5, 5.41) is 3.14. The molecule has 1 aromatic carbocycles. The molecule has 6 heteroatoms. The lowest BCUT2D eigenvalue weighted by Gasteiger charge is -2.09. The second-order valence-electron chi connectivity index (χ2n) is 4.19. The highest BCUT2D eigenvalue weighted by Gasteiger charge is 2.06. The number of benzene rings is 1. The zero-order valence-corrected chi connectivity index (χ0v) is 14.2. The molecular weight excluding hydrogens is 386 g/mol. The highest BCUT2D eigenvalue weighted by molar-refractivity contribution is 9.10. The Labute approximate surface area is 135 Å². The molecule has 4 nitrogen and oxygen atoms in total. The monoisotopic (exact) mass is 399 g/mol. The fourth-order valence-electron chi connectivity index (χ4n) is 1.55. The number of nitrogens with zero attached hydrogens (tertiary/aromatic N) is 2. The van der Waals surface area contributed by atoms with Gasteiger partial charge < -0.3 is 10.1 Å². The summed E-state index contributed by atoms with van der Waals surface area (Å²) in [4.78, 5) is 8.53. The summed E-state index contributed by atoms with van der Waals surface area (Å²) in [7, 11) is 0. The molecule has 0 saturated heterocycles. The molecule has 0 saturated carbocycles. The van der Waals surface area contributed by atoms with Crippen LogP contribution in [0.4, 0.5) is 5.95 Å². The first kappa shape index (κ1) is 15.3. The molecule has 0 spiro atoms. The number of nitrogens with one attached hydrogen (secondary N) is 1. The van der Waals surface area contributed by atoms with E-state index in [9.17, 15) is 0 Å². The topological polar surface area (TPSA) is 47.0 Å². The van der Waals surface area contributed by atoms with Gasteiger partial charge in [-0.1, -0.05) is 35.0 Å². The molecule has 2 rings (SSSR count). The standard InChI is InChI=1S/C14H15Br2N3O/c1-2-6-17-14-18-8-12(16)13(19-14)20-9-10-4-3-5-11(15)7-10/h3-5,7-8H,2,6,9H2,1H3,(H,17,18,19). The summed E-state index contributed by atoms with van der Waals surface area (Å²) < 4.78 is 7.52. The van der Waals surface area contributed by atoms with Crippen molar-refractivity contribution in [3.63, 3.8) is 0 Å².